The van der Waals surface area contributed by atoms with Crippen molar-refractivity contribution in [3.8, 4) is 5.75 Å². The lowest BCUT2D eigenvalue weighted by atomic mass is 10.2. The van der Waals surface area contributed by atoms with E-state index in [-0.39, 0.29) is 5.91 Å². The molecule has 6 nitrogen and oxygen atoms in total. The highest BCUT2D eigenvalue weighted by molar-refractivity contribution is 9.10. The van der Waals surface area contributed by atoms with Gasteiger partial charge in [-0.05, 0) is 66.2 Å². The third-order valence-corrected chi connectivity index (χ3v) is 4.00. The molecule has 0 radical (unpaired) electrons. The van der Waals surface area contributed by atoms with Crippen molar-refractivity contribution >= 4 is 34.0 Å². The lowest BCUT2D eigenvalue weighted by Crippen LogP contribution is -2.17. The maximum atomic E-state index is 12.1. The van der Waals surface area contributed by atoms with Crippen LogP contribution in [0.5, 0.6) is 5.75 Å². The summed E-state index contributed by atoms with van der Waals surface area (Å²) in [4.78, 5) is 27.8. The molecule has 7 heteroatoms. The van der Waals surface area contributed by atoms with Gasteiger partial charge in [-0.2, -0.15) is 5.10 Å². The molecule has 0 bridgehead atoms. The number of hydrazone groups is 1. The molecule has 134 valence electrons. The molecule has 2 aromatic carbocycles. The van der Waals surface area contributed by atoms with Crippen molar-refractivity contribution in [2.45, 2.75) is 0 Å². The second kappa shape index (κ2) is 8.86. The highest BCUT2D eigenvalue weighted by atomic mass is 79.9. The van der Waals surface area contributed by atoms with Crippen molar-refractivity contribution in [2.75, 3.05) is 0 Å². The van der Waals surface area contributed by atoms with E-state index in [1.54, 1.807) is 66.9 Å². The molecule has 0 aliphatic carbocycles. The number of nitrogens with one attached hydrogen (secondary N) is 1. The largest absolute Gasteiger partial charge is 0.423 e. The Labute approximate surface area is 164 Å². The van der Waals surface area contributed by atoms with Crippen molar-refractivity contribution in [2.24, 2.45) is 5.10 Å². The zero-order valence-corrected chi connectivity index (χ0v) is 15.6. The molecule has 0 fully saturated rings. The van der Waals surface area contributed by atoms with Crippen LogP contribution in [0.3, 0.4) is 0 Å². The minimum absolute atomic E-state index is 0.348. The molecular formula is C20H14BrN3O3. The molecule has 1 aromatic heterocycles. The van der Waals surface area contributed by atoms with Gasteiger partial charge in [-0.25, -0.2) is 10.2 Å². The molecule has 1 N–H and O–H groups in total. The molecule has 1 amide bonds. The molecule has 1 heterocycles. The van der Waals surface area contributed by atoms with Gasteiger partial charge in [-0.15, -0.1) is 0 Å². The van der Waals surface area contributed by atoms with Crippen LogP contribution >= 0.6 is 15.9 Å². The summed E-state index contributed by atoms with van der Waals surface area (Å²) < 4.78 is 6.21. The number of halogens is 1. The van der Waals surface area contributed by atoms with Gasteiger partial charge in [0.15, 0.2) is 0 Å². The summed E-state index contributed by atoms with van der Waals surface area (Å²) in [6.07, 6.45) is 4.54. The fourth-order valence-corrected chi connectivity index (χ4v) is 2.37. The summed E-state index contributed by atoms with van der Waals surface area (Å²) >= 11 is 3.32. The van der Waals surface area contributed by atoms with E-state index in [0.717, 1.165) is 10.0 Å². The summed E-state index contributed by atoms with van der Waals surface area (Å²) in [5.74, 6) is -0.369. The van der Waals surface area contributed by atoms with Crippen LogP contribution in [0.1, 0.15) is 26.3 Å². The number of amides is 1. The number of carbonyl (C=O) groups is 2. The molecule has 0 saturated heterocycles. The summed E-state index contributed by atoms with van der Waals surface area (Å²) in [7, 11) is 0. The van der Waals surface area contributed by atoms with Crippen LogP contribution in [0.4, 0.5) is 0 Å². The summed E-state index contributed by atoms with van der Waals surface area (Å²) in [6.45, 7) is 0. The highest BCUT2D eigenvalue weighted by Gasteiger charge is 2.08. The van der Waals surface area contributed by atoms with Crippen molar-refractivity contribution in [1.29, 1.82) is 0 Å². The predicted molar refractivity (Wildman–Crippen MR) is 105 cm³/mol. The van der Waals surface area contributed by atoms with Gasteiger partial charge >= 0.3 is 5.97 Å². The Morgan fingerprint density at radius 3 is 2.41 bits per heavy atom. The van der Waals surface area contributed by atoms with E-state index in [1.807, 2.05) is 0 Å². The Morgan fingerprint density at radius 1 is 1.00 bits per heavy atom. The number of benzene rings is 2. The average molecular weight is 424 g/mol. The van der Waals surface area contributed by atoms with E-state index in [1.165, 1.54) is 12.4 Å². The number of esters is 1. The van der Waals surface area contributed by atoms with Gasteiger partial charge in [0.1, 0.15) is 5.75 Å². The SMILES string of the molecule is O=C(N/N=C\c1ccc(OC(=O)c2ccc(Br)cc2)cc1)c1cccnc1. The fourth-order valence-electron chi connectivity index (χ4n) is 2.10. The van der Waals surface area contributed by atoms with E-state index in [2.05, 4.69) is 31.4 Å². The minimum Gasteiger partial charge on any atom is -0.423 e. The number of carbonyl (C=O) groups excluding carboxylic acids is 2. The predicted octanol–water partition coefficient (Wildman–Crippen LogP) is 3.83. The van der Waals surface area contributed by atoms with E-state index < -0.39 is 5.97 Å². The van der Waals surface area contributed by atoms with Gasteiger partial charge < -0.3 is 4.74 Å². The number of pyridine rings is 1. The first-order chi connectivity index (χ1) is 13.1. The first-order valence-electron chi connectivity index (χ1n) is 7.93. The lowest BCUT2D eigenvalue weighted by molar-refractivity contribution is 0.0734. The molecule has 0 saturated carbocycles. The normalized spacial score (nSPS) is 10.6. The Morgan fingerprint density at radius 2 is 1.74 bits per heavy atom. The van der Waals surface area contributed by atoms with Gasteiger partial charge in [0.05, 0.1) is 17.3 Å². The van der Waals surface area contributed by atoms with E-state index >= 15 is 0 Å². The molecular weight excluding hydrogens is 410 g/mol. The molecule has 0 unspecified atom stereocenters. The second-order valence-corrected chi connectivity index (χ2v) is 6.32. The van der Waals surface area contributed by atoms with Gasteiger partial charge in [0.25, 0.3) is 5.91 Å². The first kappa shape index (κ1) is 18.5. The Bertz CT molecular complexity index is 956. The summed E-state index contributed by atoms with van der Waals surface area (Å²) in [6, 6.07) is 17.0. The van der Waals surface area contributed by atoms with Crippen LogP contribution in [-0.2, 0) is 0 Å². The second-order valence-electron chi connectivity index (χ2n) is 5.41. The molecule has 0 spiro atoms. The van der Waals surface area contributed by atoms with Gasteiger partial charge in [-0.1, -0.05) is 15.9 Å². The van der Waals surface area contributed by atoms with Crippen LogP contribution in [0.2, 0.25) is 0 Å². The van der Waals surface area contributed by atoms with Gasteiger partial charge in [0, 0.05) is 16.9 Å². The molecule has 0 atom stereocenters. The van der Waals surface area contributed by atoms with Crippen LogP contribution in [0, 0.1) is 0 Å². The molecule has 3 rings (SSSR count). The van der Waals surface area contributed by atoms with Crippen molar-refractivity contribution < 1.29 is 14.3 Å². The maximum Gasteiger partial charge on any atom is 0.343 e. The topological polar surface area (TPSA) is 80.6 Å². The van der Waals surface area contributed by atoms with Crippen molar-refractivity contribution in [1.82, 2.24) is 10.4 Å². The highest BCUT2D eigenvalue weighted by Crippen LogP contribution is 2.15. The summed E-state index contributed by atoms with van der Waals surface area (Å²) in [5.41, 5.74) is 4.04. The van der Waals surface area contributed by atoms with Crippen LogP contribution in [-0.4, -0.2) is 23.1 Å². The number of hydrogen-bond donors (Lipinski definition) is 1. The van der Waals surface area contributed by atoms with Gasteiger partial charge in [0.2, 0.25) is 0 Å². The average Bonchev–Trinajstić information content (AvgIpc) is 2.70. The third kappa shape index (κ3) is 5.32. The minimum atomic E-state index is -0.437. The monoisotopic (exact) mass is 423 g/mol. The van der Waals surface area contributed by atoms with E-state index in [0.29, 0.717) is 16.9 Å². The van der Waals surface area contributed by atoms with E-state index in [9.17, 15) is 9.59 Å². The maximum absolute atomic E-state index is 12.1. The summed E-state index contributed by atoms with van der Waals surface area (Å²) in [5, 5.41) is 3.90. The van der Waals surface area contributed by atoms with Gasteiger partial charge in [-0.3, -0.25) is 9.78 Å². The number of ether oxygens (including phenoxy) is 1. The quantitative estimate of drug-likeness (QED) is 0.292. The fraction of sp³-hybridized carbons (Fsp3) is 0. The van der Waals surface area contributed by atoms with E-state index in [4.69, 9.17) is 4.74 Å². The smallest absolute Gasteiger partial charge is 0.343 e. The standard InChI is InChI=1S/C20H14BrN3O3/c21-17-7-5-15(6-8-17)20(26)27-18-9-3-14(4-10-18)12-23-24-19(25)16-2-1-11-22-13-16/h1-13H,(H,24,25)/b23-12-. The number of rotatable bonds is 5. The Kier molecular flexibility index (Phi) is 6.06. The molecule has 3 aromatic rings. The molecule has 0 aliphatic heterocycles. The number of aromatic nitrogens is 1. The number of hydrogen-bond acceptors (Lipinski definition) is 5. The molecule has 0 aliphatic rings. The van der Waals surface area contributed by atoms with Crippen LogP contribution < -0.4 is 10.2 Å². The lowest BCUT2D eigenvalue weighted by Gasteiger charge is -2.04. The van der Waals surface area contributed by atoms with Crippen molar-refractivity contribution in [3.05, 3.63) is 94.2 Å². The van der Waals surface area contributed by atoms with Crippen LogP contribution in [0.15, 0.2) is 82.6 Å². The Balaban J connectivity index is 1.56. The van der Waals surface area contributed by atoms with Crippen molar-refractivity contribution in [3.63, 3.8) is 0 Å². The molecule has 27 heavy (non-hydrogen) atoms. The first-order valence-corrected chi connectivity index (χ1v) is 8.72. The number of nitrogens with zero attached hydrogens (tertiary/aromatic N) is 2. The Hall–Kier alpha value is -3.32. The third-order valence-electron chi connectivity index (χ3n) is 3.47. The zero-order valence-electron chi connectivity index (χ0n) is 14.0. The zero-order chi connectivity index (χ0) is 19.1. The van der Waals surface area contributed by atoms with Crippen LogP contribution in [0.25, 0.3) is 0 Å².